The number of pyridine rings is 1. The summed E-state index contributed by atoms with van der Waals surface area (Å²) in [6.07, 6.45) is 0. The lowest BCUT2D eigenvalue weighted by Crippen LogP contribution is -1.92. The first kappa shape index (κ1) is 8.91. The van der Waals surface area contributed by atoms with Crippen molar-refractivity contribution >= 4 is 29.1 Å². The molecule has 0 aliphatic rings. The van der Waals surface area contributed by atoms with Crippen molar-refractivity contribution in [1.29, 1.82) is 5.26 Å². The smallest absolute Gasteiger partial charge is 0.252 e. The number of carbonyl (C=O) groups is 1. The van der Waals surface area contributed by atoms with Crippen LogP contribution in [0.3, 0.4) is 0 Å². The molecule has 0 unspecified atom stereocenters. The molecule has 0 atom stereocenters. The van der Waals surface area contributed by atoms with E-state index >= 15 is 0 Å². The highest BCUT2D eigenvalue weighted by Crippen LogP contribution is 2.05. The highest BCUT2D eigenvalue weighted by molar-refractivity contribution is 7.71. The summed E-state index contributed by atoms with van der Waals surface area (Å²) in [4.78, 5) is 13.3. The van der Waals surface area contributed by atoms with Crippen molar-refractivity contribution in [3.05, 3.63) is 28.0 Å². The maximum Gasteiger partial charge on any atom is 0.252 e. The molecule has 0 amide bonds. The quantitative estimate of drug-likeness (QED) is 0.555. The Morgan fingerprint density at radius 1 is 1.67 bits per heavy atom. The first-order valence-corrected chi connectivity index (χ1v) is 3.76. The number of aromatic nitrogens is 1. The number of nitriles is 1. The highest BCUT2D eigenvalue weighted by atomic mass is 35.5. The molecule has 1 aromatic rings. The van der Waals surface area contributed by atoms with Crippen LogP contribution in [0.2, 0.25) is 0 Å². The molecule has 0 bridgehead atoms. The Hall–Kier alpha value is -1.18. The predicted molar refractivity (Wildman–Crippen MR) is 46.5 cm³/mol. The second-order valence-electron chi connectivity index (χ2n) is 2.03. The van der Waals surface area contributed by atoms with Crippen LogP contribution in [0.1, 0.15) is 16.1 Å². The number of rotatable bonds is 1. The van der Waals surface area contributed by atoms with Crippen molar-refractivity contribution in [2.75, 3.05) is 0 Å². The number of nitrogens with zero attached hydrogens (tertiary/aromatic N) is 1. The van der Waals surface area contributed by atoms with Gasteiger partial charge in [0.2, 0.25) is 0 Å². The fourth-order valence-corrected chi connectivity index (χ4v) is 1.06. The van der Waals surface area contributed by atoms with E-state index in [1.807, 2.05) is 6.07 Å². The summed E-state index contributed by atoms with van der Waals surface area (Å²) < 4.78 is 0.318. The van der Waals surface area contributed by atoms with E-state index in [1.165, 1.54) is 12.1 Å². The second-order valence-corrected chi connectivity index (χ2v) is 2.82. The summed E-state index contributed by atoms with van der Waals surface area (Å²) in [6, 6.07) is 4.59. The molecule has 1 heterocycles. The fourth-order valence-electron chi connectivity index (χ4n) is 0.717. The van der Waals surface area contributed by atoms with Crippen LogP contribution in [-0.2, 0) is 0 Å². The molecule has 0 radical (unpaired) electrons. The maximum atomic E-state index is 10.7. The maximum absolute atomic E-state index is 10.7. The van der Waals surface area contributed by atoms with Crippen LogP contribution in [0, 0.1) is 16.0 Å². The molecule has 0 aliphatic carbocycles. The Labute approximate surface area is 78.6 Å². The lowest BCUT2D eigenvalue weighted by molar-refractivity contribution is 0.108. The van der Waals surface area contributed by atoms with Crippen molar-refractivity contribution in [2.45, 2.75) is 0 Å². The van der Waals surface area contributed by atoms with Crippen molar-refractivity contribution in [2.24, 2.45) is 0 Å². The summed E-state index contributed by atoms with van der Waals surface area (Å²) in [7, 11) is 0. The van der Waals surface area contributed by atoms with Gasteiger partial charge in [-0.1, -0.05) is 12.2 Å². The van der Waals surface area contributed by atoms with Crippen LogP contribution < -0.4 is 0 Å². The Kier molecular flexibility index (Phi) is 2.58. The molecule has 0 aliphatic heterocycles. The normalized spacial score (nSPS) is 9.00. The molecular weight excluding hydrogens is 196 g/mol. The molecule has 60 valence electrons. The van der Waals surface area contributed by atoms with Crippen LogP contribution in [0.4, 0.5) is 0 Å². The third-order valence-electron chi connectivity index (χ3n) is 1.19. The van der Waals surface area contributed by atoms with E-state index < -0.39 is 5.24 Å². The minimum atomic E-state index is -0.619. The summed E-state index contributed by atoms with van der Waals surface area (Å²) >= 11 is 9.95. The zero-order chi connectivity index (χ0) is 9.14. The number of hydrogen-bond acceptors (Lipinski definition) is 3. The Bertz CT molecular complexity index is 418. The molecule has 1 aromatic heterocycles. The Morgan fingerprint density at radius 3 is 2.83 bits per heavy atom. The van der Waals surface area contributed by atoms with Crippen LogP contribution >= 0.6 is 23.8 Å². The molecule has 0 spiro atoms. The third-order valence-corrected chi connectivity index (χ3v) is 1.63. The number of nitrogens with one attached hydrogen (secondary N) is 1. The Morgan fingerprint density at radius 2 is 2.33 bits per heavy atom. The van der Waals surface area contributed by atoms with Gasteiger partial charge in [-0.25, -0.2) is 0 Å². The first-order valence-electron chi connectivity index (χ1n) is 2.98. The van der Waals surface area contributed by atoms with Crippen LogP contribution in [-0.4, -0.2) is 10.2 Å². The standard InChI is InChI=1S/C7H3ClN2OS/c8-7(11)4-1-5(3-9)10-6(12)2-4/h1-2H,(H,10,12). The van der Waals surface area contributed by atoms with E-state index in [-0.39, 0.29) is 11.3 Å². The minimum Gasteiger partial charge on any atom is -0.338 e. The van der Waals surface area contributed by atoms with E-state index in [1.54, 1.807) is 0 Å². The second kappa shape index (κ2) is 3.48. The number of hydrogen-bond donors (Lipinski definition) is 1. The lowest BCUT2D eigenvalue weighted by atomic mass is 10.2. The fraction of sp³-hybridized carbons (Fsp3) is 0. The van der Waals surface area contributed by atoms with Gasteiger partial charge in [-0.05, 0) is 23.7 Å². The van der Waals surface area contributed by atoms with Gasteiger partial charge in [0.25, 0.3) is 5.24 Å². The molecule has 0 aromatic carbocycles. The molecule has 3 nitrogen and oxygen atoms in total. The molecule has 5 heteroatoms. The Balaban J connectivity index is 3.36. The van der Waals surface area contributed by atoms with Crippen molar-refractivity contribution in [1.82, 2.24) is 4.98 Å². The summed E-state index contributed by atoms with van der Waals surface area (Å²) in [5.41, 5.74) is 0.462. The average Bonchev–Trinajstić information content (AvgIpc) is 2.03. The van der Waals surface area contributed by atoms with Gasteiger partial charge >= 0.3 is 0 Å². The van der Waals surface area contributed by atoms with Crippen molar-refractivity contribution in [3.63, 3.8) is 0 Å². The predicted octanol–water partition coefficient (Wildman–Crippen LogP) is 1.99. The number of H-pyrrole nitrogens is 1. The molecule has 1 rings (SSSR count). The van der Waals surface area contributed by atoms with Gasteiger partial charge in [0.1, 0.15) is 16.4 Å². The van der Waals surface area contributed by atoms with E-state index in [2.05, 4.69) is 4.98 Å². The largest absolute Gasteiger partial charge is 0.338 e. The van der Waals surface area contributed by atoms with E-state index in [9.17, 15) is 4.79 Å². The minimum absolute atomic E-state index is 0.228. The van der Waals surface area contributed by atoms with Gasteiger partial charge in [0.15, 0.2) is 0 Å². The van der Waals surface area contributed by atoms with Crippen LogP contribution in [0.5, 0.6) is 0 Å². The van der Waals surface area contributed by atoms with Gasteiger partial charge in [-0.15, -0.1) is 0 Å². The zero-order valence-electron chi connectivity index (χ0n) is 5.80. The summed E-state index contributed by atoms with van der Waals surface area (Å²) in [6.45, 7) is 0. The topological polar surface area (TPSA) is 56.6 Å². The monoisotopic (exact) mass is 198 g/mol. The summed E-state index contributed by atoms with van der Waals surface area (Å²) in [5.74, 6) is 0. The van der Waals surface area contributed by atoms with Gasteiger partial charge in [-0.3, -0.25) is 4.79 Å². The number of halogens is 1. The average molecular weight is 199 g/mol. The van der Waals surface area contributed by atoms with Gasteiger partial charge < -0.3 is 4.98 Å². The van der Waals surface area contributed by atoms with E-state index in [4.69, 9.17) is 29.1 Å². The van der Waals surface area contributed by atoms with E-state index in [0.29, 0.717) is 4.64 Å². The van der Waals surface area contributed by atoms with Crippen LogP contribution in [0.15, 0.2) is 12.1 Å². The lowest BCUT2D eigenvalue weighted by Gasteiger charge is -1.93. The SMILES string of the molecule is N#Cc1cc(C(=O)Cl)cc(=S)[nH]1. The number of carbonyl (C=O) groups excluding carboxylic acids is 1. The molecule has 0 saturated carbocycles. The highest BCUT2D eigenvalue weighted by Gasteiger charge is 2.02. The van der Waals surface area contributed by atoms with Crippen molar-refractivity contribution < 1.29 is 4.79 Å². The summed E-state index contributed by atoms with van der Waals surface area (Å²) in [5, 5.41) is 7.87. The van der Waals surface area contributed by atoms with Crippen molar-refractivity contribution in [3.8, 4) is 6.07 Å². The van der Waals surface area contributed by atoms with Gasteiger partial charge in [0, 0.05) is 5.56 Å². The third kappa shape index (κ3) is 1.91. The zero-order valence-corrected chi connectivity index (χ0v) is 7.37. The molecule has 0 saturated heterocycles. The molecule has 0 fully saturated rings. The first-order chi connectivity index (χ1) is 5.63. The molecular formula is C7H3ClN2OS. The molecule has 1 N–H and O–H groups in total. The molecule has 12 heavy (non-hydrogen) atoms. The van der Waals surface area contributed by atoms with E-state index in [0.717, 1.165) is 0 Å². The van der Waals surface area contributed by atoms with Gasteiger partial charge in [0.05, 0.1) is 0 Å². The van der Waals surface area contributed by atoms with Crippen LogP contribution in [0.25, 0.3) is 0 Å². The number of aromatic amines is 1. The van der Waals surface area contributed by atoms with Gasteiger partial charge in [-0.2, -0.15) is 5.26 Å².